The lowest BCUT2D eigenvalue weighted by Crippen LogP contribution is -2.15. The minimum atomic E-state index is -0.121. The van der Waals surface area contributed by atoms with Crippen LogP contribution in [0.4, 0.5) is 0 Å². The number of hydrogen-bond donors (Lipinski definition) is 0. The molecular weight excluding hydrogens is 1580 g/mol. The van der Waals surface area contributed by atoms with Crippen LogP contribution in [0.5, 0.6) is 0 Å². The summed E-state index contributed by atoms with van der Waals surface area (Å²) in [7, 11) is 0. The number of nitrogens with zero attached hydrogens (tertiary/aromatic N) is 10. The van der Waals surface area contributed by atoms with E-state index in [0.29, 0.717) is 23.4 Å². The molecule has 128 heavy (non-hydrogen) atoms. The first kappa shape index (κ1) is 75.5. The Morgan fingerprint density at radius 1 is 0.234 bits per heavy atom. The lowest BCUT2D eigenvalue weighted by Gasteiger charge is -2.21. The second-order valence-corrected chi connectivity index (χ2v) is 35.3. The van der Waals surface area contributed by atoms with Gasteiger partial charge in [-0.05, 0) is 169 Å². The van der Waals surface area contributed by atoms with Gasteiger partial charge < -0.3 is 0 Å². The number of para-hydroxylation sites is 4. The smallest absolute Gasteiger partial charge is 0.235 e. The van der Waals surface area contributed by atoms with E-state index in [-0.39, 0.29) is 10.8 Å². The minimum absolute atomic E-state index is 0.0908. The van der Waals surface area contributed by atoms with Crippen molar-refractivity contribution in [1.82, 2.24) is 48.6 Å². The van der Waals surface area contributed by atoms with Crippen molar-refractivity contribution in [3.05, 3.63) is 435 Å². The molecular formula is C117H80N10S. The second kappa shape index (κ2) is 30.3. The number of rotatable bonds is 10. The largest absolute Gasteiger partial charge is 0.294 e. The number of thiophene rings is 1. The average Bonchev–Trinajstić information content (AvgIpc) is 1.55. The molecule has 0 fully saturated rings. The first-order valence-electron chi connectivity index (χ1n) is 43.6. The molecule has 0 radical (unpaired) electrons. The predicted molar refractivity (Wildman–Crippen MR) is 530 cm³/mol. The number of fused-ring (bicyclic) bond motifs is 20. The molecule has 10 nitrogen and oxygen atoms in total. The van der Waals surface area contributed by atoms with E-state index in [4.69, 9.17) is 34.9 Å². The Morgan fingerprint density at radius 3 is 1.25 bits per heavy atom. The molecule has 8 heterocycles. The molecule has 0 saturated carbocycles. The van der Waals surface area contributed by atoms with Crippen LogP contribution < -0.4 is 0 Å². The molecule has 11 heteroatoms. The van der Waals surface area contributed by atoms with Crippen molar-refractivity contribution >= 4 is 108 Å². The molecule has 2 aliphatic rings. The van der Waals surface area contributed by atoms with Gasteiger partial charge in [0.1, 0.15) is 11.5 Å². The molecule has 16 aromatic carbocycles. The van der Waals surface area contributed by atoms with Crippen LogP contribution in [0.3, 0.4) is 0 Å². The molecule has 0 N–H and O–H groups in total. The van der Waals surface area contributed by atoms with Gasteiger partial charge in [-0.2, -0.15) is 0 Å². The molecule has 24 aromatic rings. The monoisotopic (exact) mass is 1660 g/mol. The maximum absolute atomic E-state index is 5.19. The lowest BCUT2D eigenvalue weighted by atomic mass is 9.82. The first-order valence-corrected chi connectivity index (χ1v) is 44.4. The Morgan fingerprint density at radius 2 is 0.672 bits per heavy atom. The van der Waals surface area contributed by atoms with E-state index in [1.54, 1.807) is 0 Å². The molecule has 0 unspecified atom stereocenters. The Bertz CT molecular complexity index is 8500. The highest BCUT2D eigenvalue weighted by molar-refractivity contribution is 7.26. The summed E-state index contributed by atoms with van der Waals surface area (Å²) in [4.78, 5) is 35.2. The van der Waals surface area contributed by atoms with E-state index >= 15 is 0 Å². The molecule has 2 aliphatic carbocycles. The minimum Gasteiger partial charge on any atom is -0.294 e. The lowest BCUT2D eigenvalue weighted by molar-refractivity contribution is 0.660. The van der Waals surface area contributed by atoms with E-state index in [0.717, 1.165) is 67.2 Å². The summed E-state index contributed by atoms with van der Waals surface area (Å²) >= 11 is 1.88. The topological polar surface area (TPSA) is 105 Å². The fraction of sp³-hybridized carbons (Fsp3) is 0.0513. The molecule has 604 valence electrons. The fourth-order valence-corrected chi connectivity index (χ4v) is 21.2. The van der Waals surface area contributed by atoms with Crippen molar-refractivity contribution < 1.29 is 0 Å². The van der Waals surface area contributed by atoms with Crippen LogP contribution >= 0.6 is 11.3 Å². The van der Waals surface area contributed by atoms with E-state index in [9.17, 15) is 0 Å². The van der Waals surface area contributed by atoms with Crippen LogP contribution in [0, 0.1) is 0 Å². The van der Waals surface area contributed by atoms with Crippen molar-refractivity contribution in [2.45, 2.75) is 38.5 Å². The standard InChI is InChI=1S/C43H31N3.C41H29N5.C33H20N2S/c1-43(2)37-17-8-6-15-33(37)35-26-36-34-16-7-9-18-40(34)46(41(36)27-38(35)43)42-44-24-23-39(45-42)30-21-19-29(20-22-30)32-14-10-13-31(25-32)28-11-4-3-5-12-28;1-41(2)32-19-11-9-17-28(32)30-23-31-29-18-10-12-20-37(29)46(38(31)24-33(30)41)40-42-22-21-34(45-40)39-43-35(26-13-5-3-6-14-26)25-36(44-39)27-15-7-4-8-16-27;1-2-10-21(11-3-1)26-20-31(34-27-15-7-4-12-22(26)27)35-28-16-8-5-14-25(28)32-29(35)19-18-24-23-13-6-9-17-30(23)36-33(24)32/h3-27H,1-2H3;3-25H,1-2H3;1-20H. The number of pyridine rings is 1. The van der Waals surface area contributed by atoms with E-state index in [1.807, 2.05) is 78.3 Å². The maximum atomic E-state index is 5.19. The Kier molecular flexibility index (Phi) is 17.9. The molecule has 8 aromatic heterocycles. The van der Waals surface area contributed by atoms with Crippen molar-refractivity contribution in [3.8, 4) is 119 Å². The SMILES string of the molecule is CC1(C)c2ccccc2-c2cc3c4ccccc4n(-c4nccc(-c5ccc(-c6cccc(-c7ccccc7)c6)cc5)n4)c3cc21.CC1(C)c2ccccc2-c2cc3c4ccccc4n(-c4nccc(-c5nc(-c6ccccc6)cc(-c6ccccc6)n5)n4)c3cc21.c1ccc(-c2cc(-n3c4ccccc4c4c5sc6ccccc6c5ccc43)nc3ccccc23)cc1. The van der Waals surface area contributed by atoms with Crippen LogP contribution in [0.1, 0.15) is 49.9 Å². The van der Waals surface area contributed by atoms with Gasteiger partial charge in [0.05, 0.1) is 55.7 Å². The highest BCUT2D eigenvalue weighted by Gasteiger charge is 2.38. The molecule has 26 rings (SSSR count). The summed E-state index contributed by atoms with van der Waals surface area (Å²) in [6, 6.07) is 142. The Hall–Kier alpha value is -16.2. The summed E-state index contributed by atoms with van der Waals surface area (Å²) in [6.07, 6.45) is 3.69. The molecule has 0 spiro atoms. The quantitative estimate of drug-likeness (QED) is 0.134. The zero-order valence-electron chi connectivity index (χ0n) is 70.6. The normalized spacial score (nSPS) is 12.8. The molecule has 0 amide bonds. The number of hydrogen-bond acceptors (Lipinski definition) is 8. The molecule has 0 bridgehead atoms. The Labute approximate surface area is 743 Å². The zero-order valence-corrected chi connectivity index (χ0v) is 71.5. The molecule has 0 atom stereocenters. The van der Waals surface area contributed by atoms with Gasteiger partial charge in [-0.15, -0.1) is 11.3 Å². The third kappa shape index (κ3) is 12.5. The predicted octanol–water partition coefficient (Wildman–Crippen LogP) is 29.9. The van der Waals surface area contributed by atoms with Gasteiger partial charge in [0, 0.05) is 97.8 Å². The third-order valence-electron chi connectivity index (χ3n) is 26.2. The van der Waals surface area contributed by atoms with E-state index in [1.165, 1.54) is 147 Å². The van der Waals surface area contributed by atoms with Crippen LogP contribution in [0.15, 0.2) is 413 Å². The fourth-order valence-electron chi connectivity index (χ4n) is 20.0. The van der Waals surface area contributed by atoms with Gasteiger partial charge in [0.25, 0.3) is 0 Å². The van der Waals surface area contributed by atoms with Gasteiger partial charge in [-0.1, -0.05) is 337 Å². The van der Waals surface area contributed by atoms with Crippen LogP contribution in [-0.4, -0.2) is 48.6 Å². The molecule has 0 saturated heterocycles. The van der Waals surface area contributed by atoms with Crippen LogP contribution in [0.25, 0.3) is 215 Å². The summed E-state index contributed by atoms with van der Waals surface area (Å²) in [5.74, 6) is 2.77. The Balaban J connectivity index is 0.000000108. The zero-order chi connectivity index (χ0) is 85.3. The molecule has 0 aliphatic heterocycles. The van der Waals surface area contributed by atoms with Crippen molar-refractivity contribution in [1.29, 1.82) is 0 Å². The summed E-state index contributed by atoms with van der Waals surface area (Å²) in [5, 5.41) is 11.2. The highest BCUT2D eigenvalue weighted by Crippen LogP contribution is 2.54. The summed E-state index contributed by atoms with van der Waals surface area (Å²) in [6.45, 7) is 9.29. The maximum Gasteiger partial charge on any atom is 0.235 e. The van der Waals surface area contributed by atoms with Crippen molar-refractivity contribution in [2.75, 3.05) is 0 Å². The number of aromatic nitrogens is 10. The second-order valence-electron chi connectivity index (χ2n) is 34.3. The first-order chi connectivity index (χ1) is 63.0. The third-order valence-corrected chi connectivity index (χ3v) is 27.4. The van der Waals surface area contributed by atoms with Gasteiger partial charge in [-0.3, -0.25) is 13.7 Å². The number of benzene rings is 16. The van der Waals surface area contributed by atoms with Crippen molar-refractivity contribution in [2.24, 2.45) is 0 Å². The van der Waals surface area contributed by atoms with Gasteiger partial charge in [-0.25, -0.2) is 34.9 Å². The van der Waals surface area contributed by atoms with Gasteiger partial charge in [0.15, 0.2) is 5.82 Å². The van der Waals surface area contributed by atoms with E-state index in [2.05, 4.69) is 387 Å². The summed E-state index contributed by atoms with van der Waals surface area (Å²) in [5.41, 5.74) is 31.8. The van der Waals surface area contributed by atoms with E-state index < -0.39 is 0 Å². The van der Waals surface area contributed by atoms with Crippen LogP contribution in [-0.2, 0) is 10.8 Å². The average molecular weight is 1660 g/mol. The summed E-state index contributed by atoms with van der Waals surface area (Å²) < 4.78 is 9.43. The van der Waals surface area contributed by atoms with Gasteiger partial charge >= 0.3 is 0 Å². The highest BCUT2D eigenvalue weighted by atomic mass is 32.1. The van der Waals surface area contributed by atoms with Crippen molar-refractivity contribution in [3.63, 3.8) is 0 Å². The van der Waals surface area contributed by atoms with Crippen LogP contribution in [0.2, 0.25) is 0 Å². The van der Waals surface area contributed by atoms with Gasteiger partial charge in [0.2, 0.25) is 11.9 Å².